The molecule has 0 aromatic heterocycles. The molecule has 0 spiro atoms. The summed E-state index contributed by atoms with van der Waals surface area (Å²) in [6, 6.07) is 7.67. The molecule has 94 valence electrons. The normalized spacial score (nSPS) is 12.5. The summed E-state index contributed by atoms with van der Waals surface area (Å²) in [6.07, 6.45) is 0. The minimum absolute atomic E-state index is 0.0751. The quantitative estimate of drug-likeness (QED) is 0.577. The number of anilines is 1. The fourth-order valence-electron chi connectivity index (χ4n) is 1.70. The van der Waals surface area contributed by atoms with Gasteiger partial charge in [0.05, 0.1) is 6.04 Å². The molecule has 0 amide bonds. The molecule has 0 aliphatic carbocycles. The maximum atomic E-state index is 10.6. The van der Waals surface area contributed by atoms with Gasteiger partial charge in [0, 0.05) is 24.7 Å². The number of likely N-dealkylation sites (N-methyl/N-ethyl adjacent to an activating group) is 1. The van der Waals surface area contributed by atoms with Crippen LogP contribution in [0.25, 0.3) is 0 Å². The summed E-state index contributed by atoms with van der Waals surface area (Å²) in [4.78, 5) is 14.2. The highest BCUT2D eigenvalue weighted by atomic mass is 16.6. The molecule has 5 nitrogen and oxygen atoms in total. The van der Waals surface area contributed by atoms with Gasteiger partial charge in [-0.25, -0.2) is 0 Å². The zero-order valence-electron chi connectivity index (χ0n) is 10.8. The number of rotatable bonds is 5. The van der Waals surface area contributed by atoms with Gasteiger partial charge >= 0.3 is 0 Å². The molecule has 1 rings (SSSR count). The van der Waals surface area contributed by atoms with Crippen LogP contribution in [0.3, 0.4) is 0 Å². The van der Waals surface area contributed by atoms with Gasteiger partial charge in [0.15, 0.2) is 0 Å². The van der Waals surface area contributed by atoms with Crippen LogP contribution in [0.1, 0.15) is 11.6 Å². The lowest BCUT2D eigenvalue weighted by Gasteiger charge is -2.21. The van der Waals surface area contributed by atoms with E-state index >= 15 is 0 Å². The molecular formula is C12H19N3O2. The first-order valence-electron chi connectivity index (χ1n) is 5.47. The van der Waals surface area contributed by atoms with E-state index in [1.807, 2.05) is 62.3 Å². The van der Waals surface area contributed by atoms with Gasteiger partial charge in [-0.15, -0.1) is 0 Å². The molecule has 0 aliphatic rings. The average Bonchev–Trinajstić information content (AvgIpc) is 2.25. The Labute approximate surface area is 102 Å². The van der Waals surface area contributed by atoms with E-state index in [0.29, 0.717) is 0 Å². The Balaban J connectivity index is 2.91. The van der Waals surface area contributed by atoms with E-state index in [9.17, 15) is 10.1 Å². The molecule has 17 heavy (non-hydrogen) atoms. The van der Waals surface area contributed by atoms with Crippen molar-refractivity contribution in [3.63, 3.8) is 0 Å². The minimum Gasteiger partial charge on any atom is -0.378 e. The van der Waals surface area contributed by atoms with Crippen LogP contribution in [0.5, 0.6) is 0 Å². The molecule has 0 N–H and O–H groups in total. The SMILES string of the molecule is CN(C)c1ccc(C(C[N+](=O)[O-])N(C)C)cc1. The van der Waals surface area contributed by atoms with Gasteiger partial charge in [-0.2, -0.15) is 0 Å². The van der Waals surface area contributed by atoms with Crippen molar-refractivity contribution >= 4 is 5.69 Å². The topological polar surface area (TPSA) is 49.6 Å². The second-order valence-corrected chi connectivity index (χ2v) is 4.48. The van der Waals surface area contributed by atoms with Crippen LogP contribution >= 0.6 is 0 Å². The van der Waals surface area contributed by atoms with Crippen LogP contribution in [0, 0.1) is 10.1 Å². The summed E-state index contributed by atoms with van der Waals surface area (Å²) in [6.45, 7) is -0.0751. The molecule has 0 heterocycles. The maximum Gasteiger partial charge on any atom is 0.223 e. The van der Waals surface area contributed by atoms with Crippen molar-refractivity contribution < 1.29 is 4.92 Å². The molecule has 0 bridgehead atoms. The Bertz CT molecular complexity index is 374. The zero-order chi connectivity index (χ0) is 13.0. The van der Waals surface area contributed by atoms with Gasteiger partial charge in [0.2, 0.25) is 6.54 Å². The maximum absolute atomic E-state index is 10.6. The summed E-state index contributed by atoms with van der Waals surface area (Å²) < 4.78 is 0. The predicted octanol–water partition coefficient (Wildman–Crippen LogP) is 1.63. The van der Waals surface area contributed by atoms with Crippen LogP contribution in [0.15, 0.2) is 24.3 Å². The Morgan fingerprint density at radius 1 is 1.18 bits per heavy atom. The fourth-order valence-corrected chi connectivity index (χ4v) is 1.70. The Kier molecular flexibility index (Phi) is 4.45. The van der Waals surface area contributed by atoms with Crippen LogP contribution in [0.4, 0.5) is 5.69 Å². The number of nitrogens with zero attached hydrogens (tertiary/aromatic N) is 3. The fraction of sp³-hybridized carbons (Fsp3) is 0.500. The number of hydrogen-bond acceptors (Lipinski definition) is 4. The van der Waals surface area contributed by atoms with E-state index in [-0.39, 0.29) is 17.5 Å². The molecule has 0 saturated heterocycles. The van der Waals surface area contributed by atoms with Gasteiger partial charge in [0.1, 0.15) is 0 Å². The van der Waals surface area contributed by atoms with Gasteiger partial charge in [-0.1, -0.05) is 12.1 Å². The minimum atomic E-state index is -0.273. The van der Waals surface area contributed by atoms with Crippen molar-refractivity contribution in [1.82, 2.24) is 4.90 Å². The largest absolute Gasteiger partial charge is 0.378 e. The monoisotopic (exact) mass is 237 g/mol. The van der Waals surface area contributed by atoms with Crippen LogP contribution in [-0.4, -0.2) is 44.6 Å². The van der Waals surface area contributed by atoms with Crippen LogP contribution in [0.2, 0.25) is 0 Å². The number of benzene rings is 1. The Morgan fingerprint density at radius 3 is 2.06 bits per heavy atom. The highest BCUT2D eigenvalue weighted by molar-refractivity contribution is 5.46. The molecule has 0 fully saturated rings. The lowest BCUT2D eigenvalue weighted by molar-refractivity contribution is -0.487. The van der Waals surface area contributed by atoms with Gasteiger partial charge in [-0.3, -0.25) is 15.0 Å². The Morgan fingerprint density at radius 2 is 1.71 bits per heavy atom. The first kappa shape index (κ1) is 13.4. The average molecular weight is 237 g/mol. The predicted molar refractivity (Wildman–Crippen MR) is 69.1 cm³/mol. The van der Waals surface area contributed by atoms with Gasteiger partial charge in [0.25, 0.3) is 0 Å². The standard InChI is InChI=1S/C12H19N3O2/c1-13(2)11-7-5-10(6-8-11)12(14(3)4)9-15(16)17/h5-8,12H,9H2,1-4H3. The number of nitro groups is 1. The summed E-state index contributed by atoms with van der Waals surface area (Å²) in [5, 5.41) is 10.6. The molecule has 0 radical (unpaired) electrons. The van der Waals surface area contributed by atoms with Gasteiger partial charge in [-0.05, 0) is 31.8 Å². The second-order valence-electron chi connectivity index (χ2n) is 4.48. The second kappa shape index (κ2) is 5.63. The molecule has 1 unspecified atom stereocenters. The van der Waals surface area contributed by atoms with Crippen molar-refractivity contribution in [3.8, 4) is 0 Å². The third-order valence-corrected chi connectivity index (χ3v) is 2.74. The van der Waals surface area contributed by atoms with Gasteiger partial charge < -0.3 is 4.90 Å². The highest BCUT2D eigenvalue weighted by Gasteiger charge is 2.19. The molecule has 1 aromatic carbocycles. The molecule has 1 aromatic rings. The Hall–Kier alpha value is -1.62. The summed E-state index contributed by atoms with van der Waals surface area (Å²) in [5.74, 6) is 0. The molecular weight excluding hydrogens is 218 g/mol. The number of hydrogen-bond donors (Lipinski definition) is 0. The summed E-state index contributed by atoms with van der Waals surface area (Å²) in [5.41, 5.74) is 2.06. The lowest BCUT2D eigenvalue weighted by atomic mass is 10.1. The first-order chi connectivity index (χ1) is 7.91. The highest BCUT2D eigenvalue weighted by Crippen LogP contribution is 2.21. The molecule has 0 aliphatic heterocycles. The van der Waals surface area contributed by atoms with Crippen molar-refractivity contribution in [2.75, 3.05) is 39.6 Å². The van der Waals surface area contributed by atoms with E-state index in [1.165, 1.54) is 0 Å². The van der Waals surface area contributed by atoms with E-state index in [4.69, 9.17) is 0 Å². The summed E-state index contributed by atoms with van der Waals surface area (Å²) >= 11 is 0. The van der Waals surface area contributed by atoms with Crippen LogP contribution < -0.4 is 4.90 Å². The third kappa shape index (κ3) is 3.71. The van der Waals surface area contributed by atoms with Crippen molar-refractivity contribution in [1.29, 1.82) is 0 Å². The van der Waals surface area contributed by atoms with Crippen molar-refractivity contribution in [3.05, 3.63) is 39.9 Å². The van der Waals surface area contributed by atoms with E-state index in [2.05, 4.69) is 0 Å². The summed E-state index contributed by atoms with van der Waals surface area (Å²) in [7, 11) is 7.65. The van der Waals surface area contributed by atoms with E-state index in [0.717, 1.165) is 11.3 Å². The molecule has 1 atom stereocenters. The van der Waals surface area contributed by atoms with E-state index in [1.54, 1.807) is 0 Å². The first-order valence-corrected chi connectivity index (χ1v) is 5.47. The lowest BCUT2D eigenvalue weighted by Crippen LogP contribution is -2.26. The van der Waals surface area contributed by atoms with E-state index < -0.39 is 0 Å². The van der Waals surface area contributed by atoms with Crippen molar-refractivity contribution in [2.24, 2.45) is 0 Å². The van der Waals surface area contributed by atoms with Crippen LogP contribution in [-0.2, 0) is 0 Å². The smallest absolute Gasteiger partial charge is 0.223 e. The third-order valence-electron chi connectivity index (χ3n) is 2.74. The van der Waals surface area contributed by atoms with Crippen molar-refractivity contribution in [2.45, 2.75) is 6.04 Å². The zero-order valence-corrected chi connectivity index (χ0v) is 10.8. The molecule has 5 heteroatoms. The molecule has 0 saturated carbocycles.